The highest BCUT2D eigenvalue weighted by Gasteiger charge is 2.35. The fraction of sp³-hybridized carbons (Fsp3) is 1.00. The summed E-state index contributed by atoms with van der Waals surface area (Å²) in [6, 6.07) is 0. The Hall–Kier alpha value is 0.400. The van der Waals surface area contributed by atoms with Crippen molar-refractivity contribution in [2.45, 2.75) is 56.9 Å². The maximum atomic E-state index is 5.74. The second-order valence-corrected chi connectivity index (χ2v) is 5.52. The molecule has 12 heavy (non-hydrogen) atoms. The fourth-order valence-corrected chi connectivity index (χ4v) is 1.79. The SMILES string of the molecule is CC1CC(C)(C)OC(C(C)Br)O1. The Balaban J connectivity index is 2.58. The number of ether oxygens (including phenoxy) is 2. The molecule has 0 saturated carbocycles. The molecule has 3 atom stereocenters. The first-order valence-corrected chi connectivity index (χ1v) is 5.29. The molecule has 1 fully saturated rings. The van der Waals surface area contributed by atoms with Crippen LogP contribution in [0.25, 0.3) is 0 Å². The van der Waals surface area contributed by atoms with Crippen molar-refractivity contribution in [1.29, 1.82) is 0 Å². The molecule has 3 heteroatoms. The molecule has 1 rings (SSSR count). The first kappa shape index (κ1) is 10.5. The van der Waals surface area contributed by atoms with Crippen LogP contribution < -0.4 is 0 Å². The summed E-state index contributed by atoms with van der Waals surface area (Å²) in [6.07, 6.45) is 1.14. The van der Waals surface area contributed by atoms with E-state index in [1.165, 1.54) is 0 Å². The molecule has 1 aliphatic rings. The smallest absolute Gasteiger partial charge is 0.170 e. The van der Waals surface area contributed by atoms with Crippen molar-refractivity contribution >= 4 is 15.9 Å². The first-order chi connectivity index (χ1) is 5.41. The third-order valence-electron chi connectivity index (χ3n) is 1.96. The predicted octanol–water partition coefficient (Wildman–Crippen LogP) is 2.70. The molecule has 1 aliphatic heterocycles. The average Bonchev–Trinajstić information content (AvgIpc) is 1.82. The van der Waals surface area contributed by atoms with Crippen molar-refractivity contribution in [1.82, 2.24) is 0 Å². The Kier molecular flexibility index (Phi) is 3.18. The van der Waals surface area contributed by atoms with Gasteiger partial charge in [0.05, 0.1) is 16.5 Å². The van der Waals surface area contributed by atoms with Gasteiger partial charge in [-0.2, -0.15) is 0 Å². The van der Waals surface area contributed by atoms with Crippen molar-refractivity contribution in [2.24, 2.45) is 0 Å². The highest BCUT2D eigenvalue weighted by molar-refractivity contribution is 9.09. The Morgan fingerprint density at radius 2 is 2.08 bits per heavy atom. The summed E-state index contributed by atoms with van der Waals surface area (Å²) in [6.45, 7) is 8.34. The molecule has 0 aliphatic carbocycles. The van der Waals surface area contributed by atoms with Gasteiger partial charge in [0.15, 0.2) is 6.29 Å². The lowest BCUT2D eigenvalue weighted by Crippen LogP contribution is -2.45. The molecule has 1 heterocycles. The highest BCUT2D eigenvalue weighted by Crippen LogP contribution is 2.30. The van der Waals surface area contributed by atoms with E-state index < -0.39 is 0 Å². The minimum absolute atomic E-state index is 0.0512. The van der Waals surface area contributed by atoms with Gasteiger partial charge in [-0.1, -0.05) is 15.9 Å². The minimum atomic E-state index is -0.108. The average molecular weight is 237 g/mol. The fourth-order valence-electron chi connectivity index (χ4n) is 1.56. The molecule has 2 nitrogen and oxygen atoms in total. The predicted molar refractivity (Wildman–Crippen MR) is 52.5 cm³/mol. The molecule has 72 valence electrons. The summed E-state index contributed by atoms with van der Waals surface area (Å²) in [4.78, 5) is 0.250. The van der Waals surface area contributed by atoms with Crippen molar-refractivity contribution in [2.75, 3.05) is 0 Å². The van der Waals surface area contributed by atoms with Gasteiger partial charge in [0.2, 0.25) is 0 Å². The van der Waals surface area contributed by atoms with E-state index in [2.05, 4.69) is 36.7 Å². The normalized spacial score (nSPS) is 37.8. The first-order valence-electron chi connectivity index (χ1n) is 4.38. The molecule has 0 N–H and O–H groups in total. The van der Waals surface area contributed by atoms with Crippen molar-refractivity contribution < 1.29 is 9.47 Å². The molecular weight excluding hydrogens is 220 g/mol. The van der Waals surface area contributed by atoms with Crippen LogP contribution in [0.15, 0.2) is 0 Å². The third kappa shape index (κ3) is 2.71. The van der Waals surface area contributed by atoms with Gasteiger partial charge in [-0.3, -0.25) is 0 Å². The van der Waals surface area contributed by atoms with E-state index in [0.29, 0.717) is 6.10 Å². The molecule has 3 unspecified atom stereocenters. The Labute approximate surface area is 82.7 Å². The van der Waals surface area contributed by atoms with Crippen LogP contribution in [0.5, 0.6) is 0 Å². The summed E-state index contributed by atoms with van der Waals surface area (Å²) >= 11 is 3.47. The van der Waals surface area contributed by atoms with Crippen LogP contribution in [0.3, 0.4) is 0 Å². The van der Waals surface area contributed by atoms with Gasteiger partial charge in [-0.25, -0.2) is 0 Å². The van der Waals surface area contributed by atoms with Gasteiger partial charge in [-0.05, 0) is 27.7 Å². The molecule has 0 bridgehead atoms. The minimum Gasteiger partial charge on any atom is -0.348 e. The monoisotopic (exact) mass is 236 g/mol. The van der Waals surface area contributed by atoms with Crippen molar-refractivity contribution in [3.8, 4) is 0 Å². The number of hydrogen-bond acceptors (Lipinski definition) is 2. The van der Waals surface area contributed by atoms with Crippen LogP contribution in [0.2, 0.25) is 0 Å². The lowest BCUT2D eigenvalue weighted by atomic mass is 10.00. The van der Waals surface area contributed by atoms with E-state index in [1.807, 2.05) is 6.92 Å². The molecule has 0 aromatic rings. The van der Waals surface area contributed by atoms with Gasteiger partial charge < -0.3 is 9.47 Å². The summed E-state index contributed by atoms with van der Waals surface area (Å²) in [5.74, 6) is 0. The van der Waals surface area contributed by atoms with Crippen LogP contribution in [0.4, 0.5) is 0 Å². The second-order valence-electron chi connectivity index (χ2n) is 4.07. The molecule has 1 saturated heterocycles. The Morgan fingerprint density at radius 1 is 1.50 bits per heavy atom. The second kappa shape index (κ2) is 3.64. The van der Waals surface area contributed by atoms with Gasteiger partial charge in [0.25, 0.3) is 0 Å². The number of alkyl halides is 1. The van der Waals surface area contributed by atoms with E-state index in [1.54, 1.807) is 0 Å². The molecular formula is C9H17BrO2. The maximum absolute atomic E-state index is 5.74. The standard InChI is InChI=1S/C9H17BrO2/c1-6-5-9(3,4)12-8(11-6)7(2)10/h6-8H,5H2,1-4H3. The largest absolute Gasteiger partial charge is 0.348 e. The quantitative estimate of drug-likeness (QED) is 0.653. The Morgan fingerprint density at radius 3 is 2.50 bits per heavy atom. The lowest BCUT2D eigenvalue weighted by Gasteiger charge is -2.40. The zero-order chi connectivity index (χ0) is 9.35. The number of halogens is 1. The number of hydrogen-bond donors (Lipinski definition) is 0. The van der Waals surface area contributed by atoms with E-state index in [4.69, 9.17) is 9.47 Å². The van der Waals surface area contributed by atoms with Crippen LogP contribution in [0, 0.1) is 0 Å². The summed E-state index contributed by atoms with van der Waals surface area (Å²) in [5.41, 5.74) is -0.0512. The van der Waals surface area contributed by atoms with Crippen LogP contribution in [0.1, 0.15) is 34.1 Å². The molecule has 0 amide bonds. The zero-order valence-corrected chi connectivity index (χ0v) is 9.72. The van der Waals surface area contributed by atoms with Crippen molar-refractivity contribution in [3.63, 3.8) is 0 Å². The van der Waals surface area contributed by atoms with Gasteiger partial charge in [-0.15, -0.1) is 0 Å². The van der Waals surface area contributed by atoms with Gasteiger partial charge in [0, 0.05) is 6.42 Å². The maximum Gasteiger partial charge on any atom is 0.170 e. The van der Waals surface area contributed by atoms with Crippen LogP contribution >= 0.6 is 15.9 Å². The topological polar surface area (TPSA) is 18.5 Å². The van der Waals surface area contributed by atoms with Crippen LogP contribution in [-0.4, -0.2) is 22.8 Å². The van der Waals surface area contributed by atoms with E-state index in [9.17, 15) is 0 Å². The molecule has 0 aromatic carbocycles. The lowest BCUT2D eigenvalue weighted by molar-refractivity contribution is -0.265. The molecule has 0 radical (unpaired) electrons. The van der Waals surface area contributed by atoms with E-state index in [0.717, 1.165) is 6.42 Å². The highest BCUT2D eigenvalue weighted by atomic mass is 79.9. The molecule has 0 aromatic heterocycles. The Bertz CT molecular complexity index is 157. The van der Waals surface area contributed by atoms with Gasteiger partial charge in [0.1, 0.15) is 0 Å². The third-order valence-corrected chi connectivity index (χ3v) is 2.39. The van der Waals surface area contributed by atoms with Gasteiger partial charge >= 0.3 is 0 Å². The summed E-state index contributed by atoms with van der Waals surface area (Å²) in [5, 5.41) is 0. The zero-order valence-electron chi connectivity index (χ0n) is 8.13. The van der Waals surface area contributed by atoms with Crippen LogP contribution in [-0.2, 0) is 9.47 Å². The van der Waals surface area contributed by atoms with Crippen molar-refractivity contribution in [3.05, 3.63) is 0 Å². The summed E-state index contributed by atoms with van der Waals surface area (Å²) < 4.78 is 11.4. The van der Waals surface area contributed by atoms with E-state index >= 15 is 0 Å². The summed E-state index contributed by atoms with van der Waals surface area (Å²) in [7, 11) is 0. The number of rotatable bonds is 1. The van der Waals surface area contributed by atoms with E-state index in [-0.39, 0.29) is 16.7 Å². The molecule has 0 spiro atoms.